The van der Waals surface area contributed by atoms with Gasteiger partial charge in [0, 0.05) is 32.2 Å². The van der Waals surface area contributed by atoms with Crippen LogP contribution in [0.4, 0.5) is 0 Å². The smallest absolute Gasteiger partial charge is 0.254 e. The molecule has 4 atom stereocenters. The van der Waals surface area contributed by atoms with Gasteiger partial charge in [-0.15, -0.1) is 0 Å². The number of amides is 1. The Bertz CT molecular complexity index is 1090. The van der Waals surface area contributed by atoms with Crippen molar-refractivity contribution in [1.82, 2.24) is 4.90 Å². The molecular formula is C26H29NO8. The van der Waals surface area contributed by atoms with Gasteiger partial charge in [0.15, 0.2) is 11.5 Å². The van der Waals surface area contributed by atoms with Crippen molar-refractivity contribution in [2.24, 2.45) is 0 Å². The third-order valence-electron chi connectivity index (χ3n) is 6.56. The number of rotatable bonds is 9. The average molecular weight is 484 g/mol. The fraction of sp³-hybridized carbons (Fsp3) is 0.423. The molecule has 0 unspecified atom stereocenters. The second-order valence-electron chi connectivity index (χ2n) is 8.55. The van der Waals surface area contributed by atoms with Gasteiger partial charge < -0.3 is 38.1 Å². The molecule has 0 spiro atoms. The maximum Gasteiger partial charge on any atom is 0.254 e. The molecule has 2 aromatic rings. The van der Waals surface area contributed by atoms with Crippen molar-refractivity contribution >= 4 is 5.91 Å². The first-order valence-corrected chi connectivity index (χ1v) is 11.4. The van der Waals surface area contributed by atoms with E-state index in [4.69, 9.17) is 33.2 Å². The summed E-state index contributed by atoms with van der Waals surface area (Å²) in [6.07, 6.45) is 3.14. The maximum atomic E-state index is 14.0. The van der Waals surface area contributed by atoms with Gasteiger partial charge in [0.25, 0.3) is 5.91 Å². The molecule has 5 rings (SSSR count). The van der Waals surface area contributed by atoms with Crippen molar-refractivity contribution < 1.29 is 38.0 Å². The van der Waals surface area contributed by atoms with Crippen molar-refractivity contribution in [3.63, 3.8) is 0 Å². The molecule has 9 nitrogen and oxygen atoms in total. The molecule has 2 aromatic carbocycles. The zero-order valence-electron chi connectivity index (χ0n) is 20.0. The highest BCUT2D eigenvalue weighted by atomic mass is 16.7. The molecule has 3 aliphatic rings. The van der Waals surface area contributed by atoms with Crippen molar-refractivity contribution in [1.29, 1.82) is 0 Å². The van der Waals surface area contributed by atoms with Gasteiger partial charge in [-0.2, -0.15) is 0 Å². The summed E-state index contributed by atoms with van der Waals surface area (Å²) in [5.74, 6) is 1.72. The molecule has 1 amide bonds. The van der Waals surface area contributed by atoms with Crippen molar-refractivity contribution in [2.75, 3.05) is 41.7 Å². The van der Waals surface area contributed by atoms with Crippen molar-refractivity contribution in [3.05, 3.63) is 65.2 Å². The van der Waals surface area contributed by atoms with E-state index in [-0.39, 0.29) is 38.2 Å². The minimum Gasteiger partial charge on any atom is -0.497 e. The first-order valence-electron chi connectivity index (χ1n) is 11.4. The molecular weight excluding hydrogens is 454 g/mol. The van der Waals surface area contributed by atoms with Crippen LogP contribution in [0.15, 0.2) is 48.6 Å². The highest BCUT2D eigenvalue weighted by Gasteiger charge is 2.48. The molecule has 35 heavy (non-hydrogen) atoms. The van der Waals surface area contributed by atoms with E-state index in [2.05, 4.69) is 6.08 Å². The first kappa shape index (κ1) is 23.6. The molecule has 0 N–H and O–H groups in total. The predicted octanol–water partition coefficient (Wildman–Crippen LogP) is 3.08. The van der Waals surface area contributed by atoms with Gasteiger partial charge in [-0.1, -0.05) is 24.3 Å². The van der Waals surface area contributed by atoms with E-state index in [1.54, 1.807) is 27.4 Å². The van der Waals surface area contributed by atoms with Crippen LogP contribution in [-0.4, -0.2) is 70.8 Å². The maximum absolute atomic E-state index is 14.0. The zero-order chi connectivity index (χ0) is 24.4. The number of carbonyl (C=O) groups is 1. The summed E-state index contributed by atoms with van der Waals surface area (Å²) in [7, 11) is 4.76. The van der Waals surface area contributed by atoms with Gasteiger partial charge in [-0.05, 0) is 35.4 Å². The fourth-order valence-corrected chi connectivity index (χ4v) is 4.96. The van der Waals surface area contributed by atoms with Crippen LogP contribution < -0.4 is 14.2 Å². The number of fused-ring (bicyclic) bond motifs is 4. The van der Waals surface area contributed by atoms with E-state index < -0.39 is 12.2 Å². The van der Waals surface area contributed by atoms with E-state index in [1.165, 1.54) is 0 Å². The first-order chi connectivity index (χ1) is 17.1. The van der Waals surface area contributed by atoms with Crippen molar-refractivity contribution in [3.8, 4) is 17.2 Å². The quantitative estimate of drug-likeness (QED) is 0.398. The average Bonchev–Trinajstić information content (AvgIpc) is 3.35. The lowest BCUT2D eigenvalue weighted by Crippen LogP contribution is -2.58. The van der Waals surface area contributed by atoms with Gasteiger partial charge in [-0.3, -0.25) is 4.79 Å². The Morgan fingerprint density at radius 3 is 2.37 bits per heavy atom. The van der Waals surface area contributed by atoms with Crippen LogP contribution in [0.25, 0.3) is 0 Å². The summed E-state index contributed by atoms with van der Waals surface area (Å²) < 4.78 is 38.9. The topological polar surface area (TPSA) is 84.9 Å². The summed E-state index contributed by atoms with van der Waals surface area (Å²) in [4.78, 5) is 15.8. The van der Waals surface area contributed by atoms with Gasteiger partial charge in [0.05, 0.1) is 13.2 Å². The third-order valence-corrected chi connectivity index (χ3v) is 6.56. The summed E-state index contributed by atoms with van der Waals surface area (Å²) >= 11 is 0. The van der Waals surface area contributed by atoms with Crippen LogP contribution in [0.3, 0.4) is 0 Å². The number of benzene rings is 2. The van der Waals surface area contributed by atoms with E-state index in [0.29, 0.717) is 23.6 Å². The summed E-state index contributed by atoms with van der Waals surface area (Å²) in [6, 6.07) is 11.0. The van der Waals surface area contributed by atoms with Crippen LogP contribution in [0.2, 0.25) is 0 Å². The number of ether oxygens (including phenoxy) is 7. The van der Waals surface area contributed by atoms with Crippen LogP contribution in [0.5, 0.6) is 17.2 Å². The molecule has 0 fully saturated rings. The molecule has 0 bridgehead atoms. The summed E-state index contributed by atoms with van der Waals surface area (Å²) in [6.45, 7) is 0.683. The summed E-state index contributed by atoms with van der Waals surface area (Å²) in [5.41, 5.74) is 2.44. The minimum absolute atomic E-state index is 0.0626. The predicted molar refractivity (Wildman–Crippen MR) is 125 cm³/mol. The number of hydrogen-bond donors (Lipinski definition) is 0. The summed E-state index contributed by atoms with van der Waals surface area (Å²) in [5, 5.41) is 0. The van der Waals surface area contributed by atoms with Gasteiger partial charge >= 0.3 is 0 Å². The molecule has 9 heteroatoms. The highest BCUT2D eigenvalue weighted by Crippen LogP contribution is 2.46. The number of carbonyl (C=O) groups excluding carboxylic acids is 1. The number of hydrogen-bond acceptors (Lipinski definition) is 8. The van der Waals surface area contributed by atoms with Gasteiger partial charge in [0.1, 0.15) is 31.5 Å². The zero-order valence-corrected chi connectivity index (χ0v) is 20.0. The number of nitrogens with zero attached hydrogens (tertiary/aromatic N) is 1. The molecule has 2 heterocycles. The van der Waals surface area contributed by atoms with Crippen molar-refractivity contribution in [2.45, 2.75) is 30.7 Å². The van der Waals surface area contributed by atoms with E-state index in [1.807, 2.05) is 41.3 Å². The second-order valence-corrected chi connectivity index (χ2v) is 8.55. The lowest BCUT2D eigenvalue weighted by Gasteiger charge is -2.48. The van der Waals surface area contributed by atoms with Gasteiger partial charge in [-0.25, -0.2) is 0 Å². The monoisotopic (exact) mass is 483 g/mol. The molecule has 0 saturated heterocycles. The Hall–Kier alpha value is -3.11. The third kappa shape index (κ3) is 4.48. The number of methoxy groups -OCH3 is 3. The largest absolute Gasteiger partial charge is 0.497 e. The molecule has 1 aliphatic carbocycles. The molecule has 2 aliphatic heterocycles. The minimum atomic E-state index is -0.485. The van der Waals surface area contributed by atoms with E-state index in [9.17, 15) is 4.79 Å². The molecule has 0 radical (unpaired) electrons. The molecule has 0 saturated carbocycles. The van der Waals surface area contributed by atoms with E-state index >= 15 is 0 Å². The fourth-order valence-electron chi connectivity index (χ4n) is 4.96. The Labute approximate surface area is 204 Å². The molecule has 186 valence electrons. The standard InChI is InChI=1S/C26H29NO8/c1-29-13-32-21-9-8-18-19-10-22-23(34-15-33-22)11-20(19)26(28)27(24(18)25(21)35-14-30-2)12-16-4-6-17(31-3)7-5-16/h4-11,18,21,24-25H,12-15H2,1-3H3/t18-,21-,24-,25-/m1/s1. The Morgan fingerprint density at radius 1 is 0.943 bits per heavy atom. The second kappa shape index (κ2) is 10.2. The van der Waals surface area contributed by atoms with Crippen LogP contribution >= 0.6 is 0 Å². The molecule has 0 aromatic heterocycles. The van der Waals surface area contributed by atoms with Crippen LogP contribution in [0, 0.1) is 0 Å². The Kier molecular flexibility index (Phi) is 6.92. The van der Waals surface area contributed by atoms with E-state index in [0.717, 1.165) is 16.9 Å². The Balaban J connectivity index is 1.58. The normalized spacial score (nSPS) is 24.3. The highest BCUT2D eigenvalue weighted by molar-refractivity contribution is 5.98. The van der Waals surface area contributed by atoms with Crippen LogP contribution in [-0.2, 0) is 25.5 Å². The lowest BCUT2D eigenvalue weighted by atomic mass is 9.75. The van der Waals surface area contributed by atoms with Gasteiger partial charge in [0.2, 0.25) is 6.79 Å². The lowest BCUT2D eigenvalue weighted by molar-refractivity contribution is -0.166. The SMILES string of the molecule is COCO[C@H]1[C@H]2[C@H](C=C[C@H]1OCOC)c1cc3c(cc1C(=O)N2Cc1ccc(OC)cc1)OCO3. The van der Waals surface area contributed by atoms with Crippen LogP contribution in [0.1, 0.15) is 27.4 Å². The Morgan fingerprint density at radius 2 is 1.66 bits per heavy atom.